The highest BCUT2D eigenvalue weighted by molar-refractivity contribution is 7.49. The zero-order chi connectivity index (χ0) is 16.8. The maximum atomic E-state index is 11.0. The Labute approximate surface area is 142 Å². The Bertz CT molecular complexity index is 766. The van der Waals surface area contributed by atoms with Gasteiger partial charge in [0, 0.05) is 17.9 Å². The first-order valence-electron chi connectivity index (χ1n) is 8.51. The number of hydrogen-bond donors (Lipinski definition) is 3. The van der Waals surface area contributed by atoms with E-state index >= 15 is 0 Å². The molecule has 24 heavy (non-hydrogen) atoms. The van der Waals surface area contributed by atoms with Crippen molar-refractivity contribution in [2.75, 3.05) is 6.54 Å². The Balaban J connectivity index is 1.70. The van der Waals surface area contributed by atoms with E-state index in [-0.39, 0.29) is 5.41 Å². The van der Waals surface area contributed by atoms with Crippen molar-refractivity contribution >= 4 is 7.75 Å². The van der Waals surface area contributed by atoms with E-state index in [1.807, 2.05) is 0 Å². The predicted molar refractivity (Wildman–Crippen MR) is 94.0 cm³/mol. The van der Waals surface area contributed by atoms with Gasteiger partial charge in [-0.1, -0.05) is 48.5 Å². The molecule has 0 fully saturated rings. The third-order valence-electron chi connectivity index (χ3n) is 5.66. The van der Waals surface area contributed by atoms with Gasteiger partial charge in [-0.05, 0) is 47.9 Å². The highest BCUT2D eigenvalue weighted by Crippen LogP contribution is 2.57. The van der Waals surface area contributed by atoms with Crippen molar-refractivity contribution in [3.63, 3.8) is 0 Å². The average Bonchev–Trinajstić information content (AvgIpc) is 2.59. The molecule has 2 bridgehead atoms. The van der Waals surface area contributed by atoms with Crippen molar-refractivity contribution < 1.29 is 14.4 Å². The van der Waals surface area contributed by atoms with Crippen LogP contribution in [-0.2, 0) is 9.98 Å². The molecule has 3 aliphatic carbocycles. The third kappa shape index (κ3) is 2.55. The Kier molecular flexibility index (Phi) is 3.89. The maximum absolute atomic E-state index is 11.0. The number of nitrogens with one attached hydrogen (secondary N) is 1. The van der Waals surface area contributed by atoms with Crippen molar-refractivity contribution in [1.82, 2.24) is 5.09 Å². The van der Waals surface area contributed by atoms with Gasteiger partial charge < -0.3 is 9.79 Å². The second-order valence-electron chi connectivity index (χ2n) is 6.90. The molecule has 3 aliphatic rings. The number of benzene rings is 2. The maximum Gasteiger partial charge on any atom is 0.400 e. The summed E-state index contributed by atoms with van der Waals surface area (Å²) in [4.78, 5) is 18.0. The molecular weight excluding hydrogens is 321 g/mol. The number of rotatable bonds is 5. The van der Waals surface area contributed by atoms with E-state index in [4.69, 9.17) is 9.79 Å². The summed E-state index contributed by atoms with van der Waals surface area (Å²) >= 11 is 0. The van der Waals surface area contributed by atoms with Gasteiger partial charge in [-0.3, -0.25) is 0 Å². The van der Waals surface area contributed by atoms with Gasteiger partial charge in [0.05, 0.1) is 0 Å². The van der Waals surface area contributed by atoms with Crippen LogP contribution < -0.4 is 5.09 Å². The molecule has 0 amide bonds. The van der Waals surface area contributed by atoms with Gasteiger partial charge in [0.25, 0.3) is 0 Å². The lowest BCUT2D eigenvalue weighted by Gasteiger charge is -2.50. The minimum atomic E-state index is -4.14. The molecule has 2 aromatic rings. The smallest absolute Gasteiger partial charge is 0.313 e. The van der Waals surface area contributed by atoms with Crippen LogP contribution in [0.2, 0.25) is 0 Å². The molecule has 2 aromatic carbocycles. The largest absolute Gasteiger partial charge is 0.400 e. The van der Waals surface area contributed by atoms with Gasteiger partial charge in [0.1, 0.15) is 0 Å². The van der Waals surface area contributed by atoms with E-state index < -0.39 is 7.75 Å². The fourth-order valence-corrected chi connectivity index (χ4v) is 5.22. The summed E-state index contributed by atoms with van der Waals surface area (Å²) in [7, 11) is -4.14. The van der Waals surface area contributed by atoms with Gasteiger partial charge in [-0.2, -0.15) is 0 Å². The number of fused-ring (bicyclic) bond motifs is 1. The van der Waals surface area contributed by atoms with Crippen LogP contribution in [0.1, 0.15) is 53.9 Å². The summed E-state index contributed by atoms with van der Waals surface area (Å²) < 4.78 is 11.0. The highest BCUT2D eigenvalue weighted by Gasteiger charge is 2.47. The Hall–Kier alpha value is -1.45. The standard InChI is InChI=1S/C19H22NO3P/c21-24(22,23)20-13-5-11-19-12-10-14(15-6-1-3-8-17(15)19)16-7-2-4-9-18(16)19/h1-4,6-9,14H,5,10-13H2,(H3,20,21,22,23). The van der Waals surface area contributed by atoms with Gasteiger partial charge in [-0.25, -0.2) is 9.65 Å². The zero-order valence-electron chi connectivity index (χ0n) is 13.5. The quantitative estimate of drug-likeness (QED) is 0.572. The van der Waals surface area contributed by atoms with Crippen molar-refractivity contribution in [3.05, 3.63) is 70.8 Å². The van der Waals surface area contributed by atoms with E-state index in [2.05, 4.69) is 53.6 Å². The van der Waals surface area contributed by atoms with Crippen LogP contribution in [0.15, 0.2) is 48.5 Å². The molecule has 0 saturated heterocycles. The second kappa shape index (κ2) is 5.82. The first-order chi connectivity index (χ1) is 11.5. The van der Waals surface area contributed by atoms with Crippen LogP contribution >= 0.6 is 7.75 Å². The van der Waals surface area contributed by atoms with Crippen LogP contribution in [0.4, 0.5) is 0 Å². The monoisotopic (exact) mass is 343 g/mol. The lowest BCUT2D eigenvalue weighted by molar-refractivity contribution is 0.333. The summed E-state index contributed by atoms with van der Waals surface area (Å²) in [6, 6.07) is 17.4. The normalized spacial score (nSPS) is 24.5. The first-order valence-corrected chi connectivity index (χ1v) is 10.1. The summed E-state index contributed by atoms with van der Waals surface area (Å²) in [5.41, 5.74) is 5.68. The summed E-state index contributed by atoms with van der Waals surface area (Å²) in [6.07, 6.45) is 3.90. The summed E-state index contributed by atoms with van der Waals surface area (Å²) in [6.45, 7) is 0.333. The van der Waals surface area contributed by atoms with Crippen molar-refractivity contribution in [1.29, 1.82) is 0 Å². The topological polar surface area (TPSA) is 69.6 Å². The molecule has 0 unspecified atom stereocenters. The molecule has 0 aliphatic heterocycles. The van der Waals surface area contributed by atoms with Crippen LogP contribution in [-0.4, -0.2) is 16.3 Å². The molecule has 3 N–H and O–H groups in total. The second-order valence-corrected chi connectivity index (χ2v) is 8.31. The van der Waals surface area contributed by atoms with Crippen molar-refractivity contribution in [2.45, 2.75) is 37.0 Å². The van der Waals surface area contributed by atoms with Gasteiger partial charge in [-0.15, -0.1) is 0 Å². The van der Waals surface area contributed by atoms with Crippen LogP contribution in [0.3, 0.4) is 0 Å². The van der Waals surface area contributed by atoms with E-state index in [0.717, 1.165) is 25.7 Å². The third-order valence-corrected chi connectivity index (χ3v) is 6.30. The van der Waals surface area contributed by atoms with E-state index in [1.54, 1.807) is 0 Å². The van der Waals surface area contributed by atoms with Crippen LogP contribution in [0.5, 0.6) is 0 Å². The molecule has 0 saturated carbocycles. The SMILES string of the molecule is O=P(O)(O)NCCCC12CCC(c3ccccc31)c1ccccc12. The summed E-state index contributed by atoms with van der Waals surface area (Å²) in [5, 5.41) is 2.33. The minimum Gasteiger partial charge on any atom is -0.313 e. The predicted octanol–water partition coefficient (Wildman–Crippen LogP) is 3.67. The Morgan fingerprint density at radius 2 is 1.62 bits per heavy atom. The Morgan fingerprint density at radius 3 is 2.21 bits per heavy atom. The fourth-order valence-electron chi connectivity index (χ4n) is 4.77. The Morgan fingerprint density at radius 1 is 1.04 bits per heavy atom. The lowest BCUT2D eigenvalue weighted by atomic mass is 9.54. The minimum absolute atomic E-state index is 0.0154. The van der Waals surface area contributed by atoms with E-state index in [1.165, 1.54) is 22.3 Å². The molecule has 0 atom stereocenters. The summed E-state index contributed by atoms with van der Waals surface area (Å²) in [5.74, 6) is 0.493. The van der Waals surface area contributed by atoms with Crippen LogP contribution in [0.25, 0.3) is 0 Å². The molecule has 0 spiro atoms. The number of hydrogen-bond acceptors (Lipinski definition) is 1. The molecule has 126 valence electrons. The molecule has 0 heterocycles. The van der Waals surface area contributed by atoms with Crippen molar-refractivity contribution in [3.8, 4) is 0 Å². The van der Waals surface area contributed by atoms with Gasteiger partial charge in [0.15, 0.2) is 0 Å². The average molecular weight is 343 g/mol. The lowest BCUT2D eigenvalue weighted by Crippen LogP contribution is -2.40. The van der Waals surface area contributed by atoms with Crippen LogP contribution in [0, 0.1) is 0 Å². The molecule has 0 radical (unpaired) electrons. The molecular formula is C19H22NO3P. The van der Waals surface area contributed by atoms with Gasteiger partial charge >= 0.3 is 7.75 Å². The molecule has 5 rings (SSSR count). The highest BCUT2D eigenvalue weighted by atomic mass is 31.2. The first kappa shape index (κ1) is 16.0. The van der Waals surface area contributed by atoms with E-state index in [0.29, 0.717) is 12.5 Å². The van der Waals surface area contributed by atoms with Crippen molar-refractivity contribution in [2.24, 2.45) is 0 Å². The molecule has 0 aromatic heterocycles. The van der Waals surface area contributed by atoms with Gasteiger partial charge in [0.2, 0.25) is 0 Å². The fraction of sp³-hybridized carbons (Fsp3) is 0.368. The molecule has 4 nitrogen and oxygen atoms in total. The van der Waals surface area contributed by atoms with E-state index in [9.17, 15) is 4.57 Å². The molecule has 5 heteroatoms. The zero-order valence-corrected chi connectivity index (χ0v) is 14.4.